The molecule has 0 aromatic heterocycles. The topological polar surface area (TPSA) is 24.5 Å². The number of nitrogens with one attached hydrogen (secondary N) is 1. The summed E-state index contributed by atoms with van der Waals surface area (Å²) in [6.07, 6.45) is -0.866. The summed E-state index contributed by atoms with van der Waals surface area (Å²) in [4.78, 5) is 1.59. The molecule has 1 N–H and O–H groups in total. The van der Waals surface area contributed by atoms with Gasteiger partial charge in [0.25, 0.3) is 0 Å². The Labute approximate surface area is 118 Å². The lowest BCUT2D eigenvalue weighted by molar-refractivity contribution is -0.157. The summed E-state index contributed by atoms with van der Waals surface area (Å²) in [7, 11) is 0. The van der Waals surface area contributed by atoms with Gasteiger partial charge in [-0.2, -0.15) is 13.2 Å². The maximum atomic E-state index is 12.8. The third-order valence-corrected chi connectivity index (χ3v) is 4.20. The van der Waals surface area contributed by atoms with E-state index < -0.39 is 12.7 Å². The van der Waals surface area contributed by atoms with Crippen LogP contribution in [0, 0.1) is 0 Å². The predicted octanol–water partition coefficient (Wildman–Crippen LogP) is 2.56. The van der Waals surface area contributed by atoms with Gasteiger partial charge in [-0.05, 0) is 52.6 Å². The molecule has 2 aliphatic rings. The van der Waals surface area contributed by atoms with Crippen molar-refractivity contribution in [3.63, 3.8) is 0 Å². The molecule has 0 saturated carbocycles. The van der Waals surface area contributed by atoms with Crippen LogP contribution in [0.3, 0.4) is 0 Å². The van der Waals surface area contributed by atoms with Gasteiger partial charge in [-0.3, -0.25) is 4.90 Å². The number of hydrogen-bond acceptors (Lipinski definition) is 3. The first kappa shape index (κ1) is 16.0. The fourth-order valence-corrected chi connectivity index (χ4v) is 3.21. The number of halogens is 3. The normalized spacial score (nSPS) is 28.2. The monoisotopic (exact) mass is 294 g/mol. The Hall–Kier alpha value is -0.330. The van der Waals surface area contributed by atoms with Gasteiger partial charge in [0.1, 0.15) is 0 Å². The van der Waals surface area contributed by atoms with E-state index in [4.69, 9.17) is 4.74 Å². The van der Waals surface area contributed by atoms with Crippen molar-refractivity contribution in [2.75, 3.05) is 26.2 Å². The average molecular weight is 294 g/mol. The second-order valence-electron chi connectivity index (χ2n) is 6.56. The number of alkyl halides is 3. The lowest BCUT2D eigenvalue weighted by atomic mass is 10.0. The maximum Gasteiger partial charge on any atom is 0.401 e. The molecule has 0 aromatic rings. The van der Waals surface area contributed by atoms with Gasteiger partial charge < -0.3 is 10.1 Å². The molecule has 0 bridgehead atoms. The summed E-state index contributed by atoms with van der Waals surface area (Å²) >= 11 is 0. The molecule has 2 fully saturated rings. The van der Waals surface area contributed by atoms with Crippen molar-refractivity contribution in [1.82, 2.24) is 10.2 Å². The van der Waals surface area contributed by atoms with E-state index in [2.05, 4.69) is 5.32 Å². The largest absolute Gasteiger partial charge is 0.401 e. The van der Waals surface area contributed by atoms with Crippen molar-refractivity contribution in [3.05, 3.63) is 0 Å². The number of rotatable bonds is 4. The van der Waals surface area contributed by atoms with Crippen molar-refractivity contribution in [2.24, 2.45) is 0 Å². The molecule has 0 radical (unpaired) electrons. The zero-order chi connectivity index (χ0) is 14.8. The molecule has 1 unspecified atom stereocenters. The van der Waals surface area contributed by atoms with Gasteiger partial charge in [-0.1, -0.05) is 0 Å². The van der Waals surface area contributed by atoms with E-state index >= 15 is 0 Å². The van der Waals surface area contributed by atoms with Gasteiger partial charge in [0.2, 0.25) is 0 Å². The van der Waals surface area contributed by atoms with E-state index in [1.807, 2.05) is 13.8 Å². The summed E-state index contributed by atoms with van der Waals surface area (Å²) in [6.45, 7) is 5.19. The summed E-state index contributed by atoms with van der Waals surface area (Å²) in [5.41, 5.74) is -0.192. The molecule has 0 amide bonds. The minimum atomic E-state index is -4.14. The Bertz CT molecular complexity index is 314. The molecular formula is C14H25F3N2O. The first-order valence-corrected chi connectivity index (χ1v) is 7.44. The van der Waals surface area contributed by atoms with Crippen molar-refractivity contribution in [3.8, 4) is 0 Å². The highest BCUT2D eigenvalue weighted by molar-refractivity contribution is 4.86. The molecule has 2 saturated heterocycles. The molecule has 1 atom stereocenters. The first-order chi connectivity index (χ1) is 9.25. The maximum absolute atomic E-state index is 12.8. The fourth-order valence-electron chi connectivity index (χ4n) is 3.21. The van der Waals surface area contributed by atoms with Crippen LogP contribution in [0.2, 0.25) is 0 Å². The Kier molecular flexibility index (Phi) is 4.97. The molecule has 2 rings (SSSR count). The summed E-state index contributed by atoms with van der Waals surface area (Å²) < 4.78 is 44.2. The first-order valence-electron chi connectivity index (χ1n) is 7.44. The van der Waals surface area contributed by atoms with Crippen molar-refractivity contribution >= 4 is 0 Å². The van der Waals surface area contributed by atoms with Crippen LogP contribution in [0.25, 0.3) is 0 Å². The third kappa shape index (κ3) is 4.90. The molecule has 118 valence electrons. The van der Waals surface area contributed by atoms with Crippen LogP contribution < -0.4 is 5.32 Å². The summed E-state index contributed by atoms with van der Waals surface area (Å²) in [5.74, 6) is 0. The second-order valence-corrected chi connectivity index (χ2v) is 6.56. The van der Waals surface area contributed by atoms with Gasteiger partial charge in [0.05, 0.1) is 18.2 Å². The number of hydrogen-bond donors (Lipinski definition) is 1. The zero-order valence-electron chi connectivity index (χ0n) is 12.3. The van der Waals surface area contributed by atoms with E-state index in [-0.39, 0.29) is 17.7 Å². The van der Waals surface area contributed by atoms with Crippen LogP contribution in [0.1, 0.15) is 39.5 Å². The molecule has 20 heavy (non-hydrogen) atoms. The Morgan fingerprint density at radius 2 is 1.85 bits per heavy atom. The van der Waals surface area contributed by atoms with Gasteiger partial charge in [-0.25, -0.2) is 0 Å². The zero-order valence-corrected chi connectivity index (χ0v) is 12.3. The Balaban J connectivity index is 1.95. The molecular weight excluding hydrogens is 269 g/mol. The van der Waals surface area contributed by atoms with Gasteiger partial charge in [-0.15, -0.1) is 0 Å². The van der Waals surface area contributed by atoms with Crippen LogP contribution in [-0.4, -0.2) is 55.0 Å². The molecule has 0 spiro atoms. The predicted molar refractivity (Wildman–Crippen MR) is 71.7 cm³/mol. The lowest BCUT2D eigenvalue weighted by Crippen LogP contribution is -2.49. The smallest absolute Gasteiger partial charge is 0.371 e. The summed E-state index contributed by atoms with van der Waals surface area (Å²) in [6, 6.07) is 0.0187. The SMILES string of the molecule is CC1(C)CCC(CN(CC(F)(F)F)C2CCNCC2)O1. The molecule has 6 heteroatoms. The Morgan fingerprint density at radius 3 is 2.35 bits per heavy atom. The van der Waals surface area contributed by atoms with E-state index in [9.17, 15) is 13.2 Å². The van der Waals surface area contributed by atoms with Crippen LogP contribution in [0.4, 0.5) is 13.2 Å². The van der Waals surface area contributed by atoms with Crippen LogP contribution >= 0.6 is 0 Å². The number of nitrogens with zero attached hydrogens (tertiary/aromatic N) is 1. The number of ether oxygens (including phenoxy) is 1. The highest BCUT2D eigenvalue weighted by atomic mass is 19.4. The molecule has 3 nitrogen and oxygen atoms in total. The highest BCUT2D eigenvalue weighted by Crippen LogP contribution is 2.31. The van der Waals surface area contributed by atoms with Gasteiger partial charge in [0, 0.05) is 12.6 Å². The van der Waals surface area contributed by atoms with E-state index in [1.165, 1.54) is 0 Å². The highest BCUT2D eigenvalue weighted by Gasteiger charge is 2.38. The van der Waals surface area contributed by atoms with Crippen molar-refractivity contribution in [1.29, 1.82) is 0 Å². The number of piperidine rings is 1. The lowest BCUT2D eigenvalue weighted by Gasteiger charge is -2.36. The molecule has 2 aliphatic heterocycles. The quantitative estimate of drug-likeness (QED) is 0.862. The molecule has 0 aliphatic carbocycles. The van der Waals surface area contributed by atoms with E-state index in [1.54, 1.807) is 4.90 Å². The van der Waals surface area contributed by atoms with E-state index in [0.717, 1.165) is 38.8 Å². The van der Waals surface area contributed by atoms with Crippen molar-refractivity contribution in [2.45, 2.75) is 63.5 Å². The summed E-state index contributed by atoms with van der Waals surface area (Å²) in [5, 5.41) is 3.20. The van der Waals surface area contributed by atoms with Crippen LogP contribution in [0.5, 0.6) is 0 Å². The standard InChI is InChI=1S/C14H25F3N2O/c1-13(2)6-3-12(20-13)9-19(10-14(15,16)17)11-4-7-18-8-5-11/h11-12,18H,3-10H2,1-2H3. The molecule has 2 heterocycles. The van der Waals surface area contributed by atoms with Gasteiger partial charge >= 0.3 is 6.18 Å². The van der Waals surface area contributed by atoms with Crippen LogP contribution in [-0.2, 0) is 4.74 Å². The molecule has 0 aromatic carbocycles. The average Bonchev–Trinajstić information content (AvgIpc) is 2.67. The third-order valence-electron chi connectivity index (χ3n) is 4.20. The minimum Gasteiger partial charge on any atom is -0.371 e. The van der Waals surface area contributed by atoms with E-state index in [0.29, 0.717) is 6.54 Å². The van der Waals surface area contributed by atoms with Gasteiger partial charge in [0.15, 0.2) is 0 Å². The second kappa shape index (κ2) is 6.20. The van der Waals surface area contributed by atoms with Crippen LogP contribution in [0.15, 0.2) is 0 Å². The van der Waals surface area contributed by atoms with Crippen molar-refractivity contribution < 1.29 is 17.9 Å². The Morgan fingerprint density at radius 1 is 1.20 bits per heavy atom. The minimum absolute atomic E-state index is 0.0187. The fraction of sp³-hybridized carbons (Fsp3) is 1.00.